The number of fused-ring (bicyclic) bond motifs is 3. The number of nitrogens with zero attached hydrogens (tertiary/aromatic N) is 1. The molecule has 0 spiro atoms. The second-order valence-corrected chi connectivity index (χ2v) is 11.9. The maximum Gasteiger partial charge on any atom is 0.202 e. The van der Waals surface area contributed by atoms with Crippen LogP contribution in [0, 0.1) is 0 Å². The zero-order valence-electron chi connectivity index (χ0n) is 24.5. The molecule has 0 radical (unpaired) electrons. The minimum absolute atomic E-state index is 0.0440. The average Bonchev–Trinajstić information content (AvgIpc) is 2.92. The first-order valence-electron chi connectivity index (χ1n) is 13.6. The number of phenols is 2. The Kier molecular flexibility index (Phi) is 7.42. The summed E-state index contributed by atoms with van der Waals surface area (Å²) in [5.74, 6) is -2.63. The molecule has 0 bridgehead atoms. The van der Waals surface area contributed by atoms with Gasteiger partial charge in [-0.05, 0) is 58.6 Å². The molecule has 2 aromatic carbocycles. The van der Waals surface area contributed by atoms with Crippen molar-refractivity contribution in [3.05, 3.63) is 51.6 Å². The lowest BCUT2D eigenvalue weighted by Gasteiger charge is -2.51. The van der Waals surface area contributed by atoms with E-state index in [4.69, 9.17) is 18.9 Å². The number of aliphatic hydroxyl groups excluding tert-OH is 2. The third-order valence-electron chi connectivity index (χ3n) is 9.25. The maximum absolute atomic E-state index is 13.8. The van der Waals surface area contributed by atoms with Crippen molar-refractivity contribution in [2.24, 2.45) is 0 Å². The third kappa shape index (κ3) is 4.16. The number of hydrogen-bond acceptors (Lipinski definition) is 12. The van der Waals surface area contributed by atoms with E-state index in [-0.39, 0.29) is 40.0 Å². The van der Waals surface area contributed by atoms with Crippen LogP contribution in [-0.4, -0.2) is 106 Å². The molecule has 1 saturated heterocycles. The molecule has 0 amide bonds. The number of aromatic hydroxyl groups is 2. The van der Waals surface area contributed by atoms with Crippen molar-refractivity contribution in [1.29, 1.82) is 0 Å². The summed E-state index contributed by atoms with van der Waals surface area (Å²) in [6.07, 6.45) is -6.53. The van der Waals surface area contributed by atoms with Crippen LogP contribution >= 0.6 is 0 Å². The van der Waals surface area contributed by atoms with E-state index in [1.807, 2.05) is 25.9 Å². The first-order valence-corrected chi connectivity index (χ1v) is 13.6. The van der Waals surface area contributed by atoms with Gasteiger partial charge in [0.05, 0.1) is 41.5 Å². The van der Waals surface area contributed by atoms with Crippen LogP contribution in [0.2, 0.25) is 0 Å². The zero-order valence-corrected chi connectivity index (χ0v) is 24.5. The van der Waals surface area contributed by atoms with Crippen molar-refractivity contribution in [3.63, 3.8) is 0 Å². The molecule has 5 N–H and O–H groups in total. The fourth-order valence-electron chi connectivity index (χ4n) is 6.54. The van der Waals surface area contributed by atoms with Crippen LogP contribution in [0.5, 0.6) is 17.2 Å². The van der Waals surface area contributed by atoms with Crippen molar-refractivity contribution < 1.29 is 54.1 Å². The highest BCUT2D eigenvalue weighted by Gasteiger charge is 2.55. The van der Waals surface area contributed by atoms with Gasteiger partial charge in [-0.15, -0.1) is 0 Å². The predicted molar refractivity (Wildman–Crippen MR) is 147 cm³/mol. The van der Waals surface area contributed by atoms with Crippen LogP contribution in [-0.2, 0) is 14.2 Å². The number of likely N-dealkylation sites (N-methyl/N-ethyl adjacent to an activating group) is 1. The molecule has 12 nitrogen and oxygen atoms in total. The van der Waals surface area contributed by atoms with Gasteiger partial charge in [-0.2, -0.15) is 0 Å². The van der Waals surface area contributed by atoms with Crippen LogP contribution < -0.4 is 4.74 Å². The Morgan fingerprint density at radius 1 is 1.02 bits per heavy atom. The van der Waals surface area contributed by atoms with Crippen molar-refractivity contribution in [3.8, 4) is 17.2 Å². The first-order chi connectivity index (χ1) is 19.6. The standard InChI is InChI=1S/C30H37NO11/c1-12-26(36)29(2,31(4)5)11-17(41-12)42-25-19-14(27(37)30(3,38)28(25)40-7)10-13-18(23(19)34)24(35)20-15(32)8-9-16(39-6)21(20)22(13)33/h8-10,12,17,25-28,32,34,36-38H,11H2,1-7H3. The third-order valence-corrected chi connectivity index (χ3v) is 9.25. The number of ketones is 2. The fraction of sp³-hybridized carbons (Fsp3) is 0.533. The zero-order chi connectivity index (χ0) is 31.0. The lowest BCUT2D eigenvalue weighted by molar-refractivity contribution is -0.295. The molecule has 0 aromatic heterocycles. The molecule has 228 valence electrons. The normalized spacial score (nSPS) is 34.2. The highest BCUT2D eigenvalue weighted by Crippen LogP contribution is 2.53. The highest BCUT2D eigenvalue weighted by atomic mass is 16.7. The molecule has 2 aliphatic carbocycles. The van der Waals surface area contributed by atoms with Gasteiger partial charge in [0, 0.05) is 24.7 Å². The Balaban J connectivity index is 1.69. The number of carbonyl (C=O) groups excluding carboxylic acids is 2. The number of benzene rings is 2. The summed E-state index contributed by atoms with van der Waals surface area (Å²) in [5, 5.41) is 56.0. The van der Waals surface area contributed by atoms with Gasteiger partial charge < -0.3 is 49.4 Å². The summed E-state index contributed by atoms with van der Waals surface area (Å²) >= 11 is 0. The SMILES string of the molecule is COc1ccc(O)c2c1C(=O)c1cc3c(c(O)c1C2=O)C(OC1CC(C)(N(C)C)C(O)C(C)O1)C(OC)C(C)(O)C3O. The minimum Gasteiger partial charge on any atom is -0.507 e. The van der Waals surface area contributed by atoms with Crippen LogP contribution in [0.4, 0.5) is 0 Å². The van der Waals surface area contributed by atoms with Crippen LogP contribution in [0.3, 0.4) is 0 Å². The van der Waals surface area contributed by atoms with Crippen LogP contribution in [0.15, 0.2) is 18.2 Å². The Bertz CT molecular complexity index is 1450. The van der Waals surface area contributed by atoms with Gasteiger partial charge in [-0.3, -0.25) is 9.59 Å². The number of hydrogen-bond donors (Lipinski definition) is 5. The Hall–Kier alpha value is -3.10. The van der Waals surface area contributed by atoms with E-state index in [1.54, 1.807) is 6.92 Å². The van der Waals surface area contributed by atoms with Crippen molar-refractivity contribution in [1.82, 2.24) is 4.90 Å². The van der Waals surface area contributed by atoms with Crippen LogP contribution in [0.25, 0.3) is 0 Å². The van der Waals surface area contributed by atoms with Gasteiger partial charge in [-0.1, -0.05) is 0 Å². The van der Waals surface area contributed by atoms with Gasteiger partial charge in [0.1, 0.15) is 41.2 Å². The monoisotopic (exact) mass is 587 g/mol. The van der Waals surface area contributed by atoms with Gasteiger partial charge in [0.2, 0.25) is 5.78 Å². The van der Waals surface area contributed by atoms with Crippen molar-refractivity contribution in [2.75, 3.05) is 28.3 Å². The topological polar surface area (TPSA) is 175 Å². The Morgan fingerprint density at radius 2 is 1.69 bits per heavy atom. The number of ether oxygens (including phenoxy) is 4. The summed E-state index contributed by atoms with van der Waals surface area (Å²) in [6.45, 7) is 4.88. The Morgan fingerprint density at radius 3 is 2.29 bits per heavy atom. The van der Waals surface area contributed by atoms with Gasteiger partial charge >= 0.3 is 0 Å². The molecule has 8 unspecified atom stereocenters. The molecule has 5 rings (SSSR count). The molecule has 1 aliphatic heterocycles. The maximum atomic E-state index is 13.8. The van der Waals surface area contributed by atoms with E-state index in [0.717, 1.165) is 0 Å². The second kappa shape index (κ2) is 10.3. The van der Waals surface area contributed by atoms with E-state index < -0.39 is 76.6 Å². The molecule has 3 aliphatic rings. The van der Waals surface area contributed by atoms with E-state index in [1.165, 1.54) is 39.3 Å². The molecule has 1 heterocycles. The Labute approximate surface area is 243 Å². The number of methoxy groups -OCH3 is 2. The molecule has 1 fully saturated rings. The minimum atomic E-state index is -1.98. The number of phenolic OH excluding ortho intramolecular Hbond substituents is 2. The van der Waals surface area contributed by atoms with Crippen molar-refractivity contribution >= 4 is 11.6 Å². The summed E-state index contributed by atoms with van der Waals surface area (Å²) < 4.78 is 23.3. The van der Waals surface area contributed by atoms with Gasteiger partial charge in [0.25, 0.3) is 0 Å². The lowest BCUT2D eigenvalue weighted by Crippen LogP contribution is -2.62. The summed E-state index contributed by atoms with van der Waals surface area (Å²) in [6, 6.07) is 3.81. The molecule has 0 saturated carbocycles. The van der Waals surface area contributed by atoms with E-state index >= 15 is 0 Å². The molecular formula is C30H37NO11. The largest absolute Gasteiger partial charge is 0.507 e. The number of carbonyl (C=O) groups is 2. The molecule has 42 heavy (non-hydrogen) atoms. The predicted octanol–water partition coefficient (Wildman–Crippen LogP) is 1.57. The molecule has 2 aromatic rings. The highest BCUT2D eigenvalue weighted by molar-refractivity contribution is 6.31. The van der Waals surface area contributed by atoms with E-state index in [0.29, 0.717) is 0 Å². The molecular weight excluding hydrogens is 550 g/mol. The number of rotatable bonds is 5. The molecule has 8 atom stereocenters. The summed E-state index contributed by atoms with van der Waals surface area (Å²) in [5.41, 5.74) is -4.00. The second-order valence-electron chi connectivity index (χ2n) is 11.9. The lowest BCUT2D eigenvalue weighted by atomic mass is 9.71. The van der Waals surface area contributed by atoms with E-state index in [9.17, 15) is 35.1 Å². The summed E-state index contributed by atoms with van der Waals surface area (Å²) in [4.78, 5) is 29.3. The molecule has 12 heteroatoms. The summed E-state index contributed by atoms with van der Waals surface area (Å²) in [7, 11) is 6.25. The quantitative estimate of drug-likeness (QED) is 0.292. The van der Waals surface area contributed by atoms with E-state index in [2.05, 4.69) is 0 Å². The van der Waals surface area contributed by atoms with Crippen LogP contribution in [0.1, 0.15) is 82.4 Å². The average molecular weight is 588 g/mol. The fourth-order valence-corrected chi connectivity index (χ4v) is 6.54. The smallest absolute Gasteiger partial charge is 0.202 e. The van der Waals surface area contributed by atoms with Gasteiger partial charge in [-0.25, -0.2) is 0 Å². The van der Waals surface area contributed by atoms with Crippen molar-refractivity contribution in [2.45, 2.75) is 75.1 Å². The first kappa shape index (κ1) is 30.4. The van der Waals surface area contributed by atoms with Gasteiger partial charge in [0.15, 0.2) is 12.1 Å². The number of aliphatic hydroxyl groups is 3.